The van der Waals surface area contributed by atoms with E-state index >= 15 is 0 Å². The number of aryl methyl sites for hydroxylation is 1. The SMILES string of the molecule is Cc1cc(C(=O)N2CCNCC2)ccc1[N+](=O)[O-]. The smallest absolute Gasteiger partial charge is 0.272 e. The van der Waals surface area contributed by atoms with E-state index in [1.165, 1.54) is 12.1 Å². The lowest BCUT2D eigenvalue weighted by Crippen LogP contribution is -2.46. The van der Waals surface area contributed by atoms with Gasteiger partial charge in [0.15, 0.2) is 0 Å². The van der Waals surface area contributed by atoms with Crippen molar-refractivity contribution in [3.05, 3.63) is 39.4 Å². The van der Waals surface area contributed by atoms with Gasteiger partial charge in [0.25, 0.3) is 11.6 Å². The number of nitrogens with zero attached hydrogens (tertiary/aromatic N) is 2. The van der Waals surface area contributed by atoms with Gasteiger partial charge < -0.3 is 10.2 Å². The van der Waals surface area contributed by atoms with E-state index in [9.17, 15) is 14.9 Å². The van der Waals surface area contributed by atoms with Gasteiger partial charge in [-0.25, -0.2) is 0 Å². The first-order valence-corrected chi connectivity index (χ1v) is 5.84. The Morgan fingerprint density at radius 3 is 2.61 bits per heavy atom. The monoisotopic (exact) mass is 249 g/mol. The van der Waals surface area contributed by atoms with Crippen LogP contribution in [0.4, 0.5) is 5.69 Å². The minimum Gasteiger partial charge on any atom is -0.336 e. The van der Waals surface area contributed by atoms with Crippen molar-refractivity contribution >= 4 is 11.6 Å². The van der Waals surface area contributed by atoms with E-state index < -0.39 is 4.92 Å². The van der Waals surface area contributed by atoms with Crippen LogP contribution in [0.2, 0.25) is 0 Å². The summed E-state index contributed by atoms with van der Waals surface area (Å²) >= 11 is 0. The molecule has 1 aliphatic heterocycles. The summed E-state index contributed by atoms with van der Waals surface area (Å²) in [6.07, 6.45) is 0. The molecule has 0 saturated carbocycles. The maximum atomic E-state index is 12.2. The van der Waals surface area contributed by atoms with Gasteiger partial charge in [-0.05, 0) is 19.1 Å². The lowest BCUT2D eigenvalue weighted by molar-refractivity contribution is -0.385. The molecule has 0 aliphatic carbocycles. The third kappa shape index (κ3) is 2.48. The summed E-state index contributed by atoms with van der Waals surface area (Å²) in [5, 5.41) is 13.9. The molecule has 0 unspecified atom stereocenters. The molecule has 0 radical (unpaired) electrons. The molecule has 1 aromatic carbocycles. The molecule has 1 fully saturated rings. The molecule has 6 nitrogen and oxygen atoms in total. The number of carbonyl (C=O) groups excluding carboxylic acids is 1. The number of carbonyl (C=O) groups is 1. The molecule has 1 aliphatic rings. The van der Waals surface area contributed by atoms with Crippen molar-refractivity contribution in [2.75, 3.05) is 26.2 Å². The molecule has 1 saturated heterocycles. The highest BCUT2D eigenvalue weighted by Gasteiger charge is 2.20. The van der Waals surface area contributed by atoms with E-state index in [0.29, 0.717) is 24.2 Å². The maximum Gasteiger partial charge on any atom is 0.272 e. The van der Waals surface area contributed by atoms with Crippen LogP contribution in [0, 0.1) is 17.0 Å². The topological polar surface area (TPSA) is 75.5 Å². The molecule has 0 atom stereocenters. The lowest BCUT2D eigenvalue weighted by Gasteiger charge is -2.27. The summed E-state index contributed by atoms with van der Waals surface area (Å²) in [4.78, 5) is 24.2. The van der Waals surface area contributed by atoms with Crippen molar-refractivity contribution in [3.8, 4) is 0 Å². The average Bonchev–Trinajstić information content (AvgIpc) is 2.38. The Morgan fingerprint density at radius 1 is 1.39 bits per heavy atom. The van der Waals surface area contributed by atoms with E-state index in [-0.39, 0.29) is 11.6 Å². The zero-order chi connectivity index (χ0) is 13.1. The number of hydrogen-bond donors (Lipinski definition) is 1. The van der Waals surface area contributed by atoms with Gasteiger partial charge in [-0.15, -0.1) is 0 Å². The fourth-order valence-electron chi connectivity index (χ4n) is 2.04. The largest absolute Gasteiger partial charge is 0.336 e. The Kier molecular flexibility index (Phi) is 3.57. The van der Waals surface area contributed by atoms with E-state index in [1.807, 2.05) is 0 Å². The predicted octanol–water partition coefficient (Wildman–Crippen LogP) is 0.949. The van der Waals surface area contributed by atoms with Crippen molar-refractivity contribution in [1.29, 1.82) is 0 Å². The Hall–Kier alpha value is -1.95. The molecule has 1 N–H and O–H groups in total. The van der Waals surface area contributed by atoms with Gasteiger partial charge in [-0.3, -0.25) is 14.9 Å². The van der Waals surface area contributed by atoms with Crippen LogP contribution < -0.4 is 5.32 Å². The highest BCUT2D eigenvalue weighted by atomic mass is 16.6. The second-order valence-corrected chi connectivity index (χ2v) is 4.30. The summed E-state index contributed by atoms with van der Waals surface area (Å²) in [5.41, 5.74) is 1.08. The van der Waals surface area contributed by atoms with Crippen LogP contribution in [0.1, 0.15) is 15.9 Å². The van der Waals surface area contributed by atoms with Gasteiger partial charge in [0.1, 0.15) is 0 Å². The van der Waals surface area contributed by atoms with Gasteiger partial charge in [0.2, 0.25) is 0 Å². The number of benzene rings is 1. The fourth-order valence-corrected chi connectivity index (χ4v) is 2.04. The summed E-state index contributed by atoms with van der Waals surface area (Å²) in [6.45, 7) is 4.58. The maximum absolute atomic E-state index is 12.2. The number of nitrogens with one attached hydrogen (secondary N) is 1. The summed E-state index contributed by atoms with van der Waals surface area (Å²) in [5.74, 6) is -0.0607. The number of piperazine rings is 1. The first kappa shape index (κ1) is 12.5. The second kappa shape index (κ2) is 5.14. The van der Waals surface area contributed by atoms with Crippen LogP contribution in [0.3, 0.4) is 0 Å². The van der Waals surface area contributed by atoms with E-state index in [0.717, 1.165) is 13.1 Å². The zero-order valence-electron chi connectivity index (χ0n) is 10.2. The van der Waals surface area contributed by atoms with E-state index in [1.54, 1.807) is 17.9 Å². The standard InChI is InChI=1S/C12H15N3O3/c1-9-8-10(2-3-11(9)15(17)18)12(16)14-6-4-13-5-7-14/h2-3,8,13H,4-7H2,1H3. The van der Waals surface area contributed by atoms with Gasteiger partial charge in [0.05, 0.1) is 4.92 Å². The minimum absolute atomic E-state index is 0.0480. The van der Waals surface area contributed by atoms with Crippen LogP contribution in [0.5, 0.6) is 0 Å². The van der Waals surface area contributed by atoms with Crippen LogP contribution in [0.25, 0.3) is 0 Å². The summed E-state index contributed by atoms with van der Waals surface area (Å²) in [7, 11) is 0. The Bertz CT molecular complexity index is 481. The van der Waals surface area contributed by atoms with E-state index in [4.69, 9.17) is 0 Å². The zero-order valence-corrected chi connectivity index (χ0v) is 10.2. The third-order valence-electron chi connectivity index (χ3n) is 3.04. The van der Waals surface area contributed by atoms with Crippen LogP contribution in [-0.4, -0.2) is 41.9 Å². The van der Waals surface area contributed by atoms with Crippen molar-refractivity contribution in [2.45, 2.75) is 6.92 Å². The summed E-state index contributed by atoms with van der Waals surface area (Å²) < 4.78 is 0. The fraction of sp³-hybridized carbons (Fsp3) is 0.417. The molecule has 0 spiro atoms. The molecule has 2 rings (SSSR count). The molecule has 1 heterocycles. The molecular weight excluding hydrogens is 234 g/mol. The third-order valence-corrected chi connectivity index (χ3v) is 3.04. The van der Waals surface area contributed by atoms with E-state index in [2.05, 4.69) is 5.32 Å². The molecule has 96 valence electrons. The molecule has 6 heteroatoms. The Morgan fingerprint density at radius 2 is 2.06 bits per heavy atom. The first-order chi connectivity index (χ1) is 8.59. The van der Waals surface area contributed by atoms with Gasteiger partial charge in [0, 0.05) is 43.4 Å². The predicted molar refractivity (Wildman–Crippen MR) is 66.6 cm³/mol. The quantitative estimate of drug-likeness (QED) is 0.625. The van der Waals surface area contributed by atoms with Crippen LogP contribution in [0.15, 0.2) is 18.2 Å². The second-order valence-electron chi connectivity index (χ2n) is 4.30. The number of amides is 1. The Balaban J connectivity index is 2.20. The lowest BCUT2D eigenvalue weighted by atomic mass is 10.1. The molecule has 18 heavy (non-hydrogen) atoms. The minimum atomic E-state index is -0.436. The number of nitro benzene ring substituents is 1. The van der Waals surface area contributed by atoms with Crippen LogP contribution in [-0.2, 0) is 0 Å². The highest BCUT2D eigenvalue weighted by Crippen LogP contribution is 2.19. The number of nitro groups is 1. The van der Waals surface area contributed by atoms with Gasteiger partial charge in [-0.2, -0.15) is 0 Å². The van der Waals surface area contributed by atoms with Gasteiger partial charge in [-0.1, -0.05) is 0 Å². The molecular formula is C12H15N3O3. The molecule has 0 bridgehead atoms. The Labute approximate surface area is 105 Å². The normalized spacial score (nSPS) is 15.5. The first-order valence-electron chi connectivity index (χ1n) is 5.84. The molecule has 1 aromatic rings. The summed E-state index contributed by atoms with van der Waals surface area (Å²) in [6, 6.07) is 4.50. The van der Waals surface area contributed by atoms with Crippen molar-refractivity contribution in [1.82, 2.24) is 10.2 Å². The van der Waals surface area contributed by atoms with Crippen molar-refractivity contribution in [3.63, 3.8) is 0 Å². The van der Waals surface area contributed by atoms with Crippen LogP contribution >= 0.6 is 0 Å². The highest BCUT2D eigenvalue weighted by molar-refractivity contribution is 5.94. The molecule has 1 amide bonds. The number of rotatable bonds is 2. The molecule has 0 aromatic heterocycles. The van der Waals surface area contributed by atoms with Crippen molar-refractivity contribution in [2.24, 2.45) is 0 Å². The average molecular weight is 249 g/mol. The number of hydrogen-bond acceptors (Lipinski definition) is 4. The van der Waals surface area contributed by atoms with Gasteiger partial charge >= 0.3 is 0 Å². The van der Waals surface area contributed by atoms with Crippen molar-refractivity contribution < 1.29 is 9.72 Å².